The molecule has 1 aliphatic rings. The van der Waals surface area contributed by atoms with Gasteiger partial charge in [-0.3, -0.25) is 14.4 Å². The van der Waals surface area contributed by atoms with Crippen LogP contribution in [0, 0.1) is 5.92 Å². The third-order valence-corrected chi connectivity index (χ3v) is 6.82. The average molecular weight is 475 g/mol. The standard InChI is InChI=1S/C23H30N4O5S/c1-15(2)13-20(26-22(29)19-11-10-16-7-4-5-8-17(16)24-19)23(30)25-18-9-6-12-27(14-21(18)28)33(3,31)32/h4-5,7-8,10-11,15,18,20H,6,9,12-14H2,1-3H3,(H,25,30)(H,26,29)/t18?,20-/m0/s1. The lowest BCUT2D eigenvalue weighted by Crippen LogP contribution is -2.52. The fraction of sp³-hybridized carbons (Fsp3) is 0.478. The van der Waals surface area contributed by atoms with Gasteiger partial charge in [0.25, 0.3) is 5.91 Å². The van der Waals surface area contributed by atoms with Crippen LogP contribution in [0.2, 0.25) is 0 Å². The van der Waals surface area contributed by atoms with Crippen molar-refractivity contribution in [2.75, 3.05) is 19.3 Å². The van der Waals surface area contributed by atoms with Crippen molar-refractivity contribution in [1.82, 2.24) is 19.9 Å². The molecule has 2 atom stereocenters. The molecule has 0 radical (unpaired) electrons. The number of Topliss-reactive ketones (excluding diaryl/α,β-unsaturated/α-hetero) is 1. The van der Waals surface area contributed by atoms with Gasteiger partial charge in [0.05, 0.1) is 24.4 Å². The van der Waals surface area contributed by atoms with Crippen LogP contribution in [0.25, 0.3) is 10.9 Å². The number of fused-ring (bicyclic) bond motifs is 1. The zero-order valence-corrected chi connectivity index (χ0v) is 19.9. The molecule has 178 valence electrons. The van der Waals surface area contributed by atoms with E-state index in [2.05, 4.69) is 15.6 Å². The summed E-state index contributed by atoms with van der Waals surface area (Å²) >= 11 is 0. The Morgan fingerprint density at radius 1 is 1.18 bits per heavy atom. The molecule has 3 rings (SSSR count). The number of para-hydroxylation sites is 1. The van der Waals surface area contributed by atoms with Gasteiger partial charge in [0, 0.05) is 11.9 Å². The van der Waals surface area contributed by atoms with Crippen molar-refractivity contribution in [3.63, 3.8) is 0 Å². The van der Waals surface area contributed by atoms with E-state index in [1.807, 2.05) is 38.1 Å². The summed E-state index contributed by atoms with van der Waals surface area (Å²) < 4.78 is 24.8. The predicted molar refractivity (Wildman–Crippen MR) is 125 cm³/mol. The van der Waals surface area contributed by atoms with Gasteiger partial charge in [-0.25, -0.2) is 13.4 Å². The third kappa shape index (κ3) is 6.58. The summed E-state index contributed by atoms with van der Waals surface area (Å²) in [5, 5.41) is 6.38. The number of sulfonamides is 1. The summed E-state index contributed by atoms with van der Waals surface area (Å²) in [6, 6.07) is 9.18. The SMILES string of the molecule is CC(C)C[C@H](NC(=O)c1ccc2ccccc2n1)C(=O)NC1CCCN(S(C)(=O)=O)CC1=O. The van der Waals surface area contributed by atoms with Crippen molar-refractivity contribution in [2.24, 2.45) is 5.92 Å². The highest BCUT2D eigenvalue weighted by Gasteiger charge is 2.32. The highest BCUT2D eigenvalue weighted by Crippen LogP contribution is 2.14. The topological polar surface area (TPSA) is 126 Å². The Hall–Kier alpha value is -2.85. The van der Waals surface area contributed by atoms with E-state index in [0.29, 0.717) is 24.8 Å². The zero-order chi connectivity index (χ0) is 24.2. The van der Waals surface area contributed by atoms with Crippen LogP contribution in [0.1, 0.15) is 43.6 Å². The molecule has 1 unspecified atom stereocenters. The fourth-order valence-corrected chi connectivity index (χ4v) is 4.65. The van der Waals surface area contributed by atoms with E-state index in [-0.39, 0.29) is 30.5 Å². The first kappa shape index (κ1) is 24.8. The molecule has 0 saturated carbocycles. The highest BCUT2D eigenvalue weighted by molar-refractivity contribution is 7.88. The lowest BCUT2D eigenvalue weighted by molar-refractivity contribution is -0.129. The molecular weight excluding hydrogens is 444 g/mol. The Kier molecular flexibility index (Phi) is 7.80. The van der Waals surface area contributed by atoms with Crippen molar-refractivity contribution in [1.29, 1.82) is 0 Å². The van der Waals surface area contributed by atoms with Crippen molar-refractivity contribution in [2.45, 2.75) is 45.2 Å². The normalized spacial score (nSPS) is 18.7. The van der Waals surface area contributed by atoms with Crippen LogP contribution in [-0.4, -0.2) is 66.7 Å². The molecule has 0 aliphatic carbocycles. The lowest BCUT2D eigenvalue weighted by Gasteiger charge is -2.23. The Morgan fingerprint density at radius 3 is 2.61 bits per heavy atom. The molecule has 0 spiro atoms. The Labute approximate surface area is 194 Å². The van der Waals surface area contributed by atoms with E-state index in [0.717, 1.165) is 15.9 Å². The first-order valence-corrected chi connectivity index (χ1v) is 12.8. The molecule has 10 heteroatoms. The summed E-state index contributed by atoms with van der Waals surface area (Å²) in [4.78, 5) is 42.9. The molecule has 1 aromatic heterocycles. The van der Waals surface area contributed by atoms with E-state index < -0.39 is 33.9 Å². The molecule has 1 aromatic carbocycles. The minimum Gasteiger partial charge on any atom is -0.344 e. The minimum atomic E-state index is -3.49. The number of carbonyl (C=O) groups is 3. The number of hydrogen-bond donors (Lipinski definition) is 2. The quantitative estimate of drug-likeness (QED) is 0.626. The van der Waals surface area contributed by atoms with Gasteiger partial charge in [0.15, 0.2) is 5.78 Å². The minimum absolute atomic E-state index is 0.108. The Bertz CT molecular complexity index is 1150. The zero-order valence-electron chi connectivity index (χ0n) is 19.1. The highest BCUT2D eigenvalue weighted by atomic mass is 32.2. The molecule has 9 nitrogen and oxygen atoms in total. The van der Waals surface area contributed by atoms with E-state index >= 15 is 0 Å². The Morgan fingerprint density at radius 2 is 1.91 bits per heavy atom. The third-order valence-electron chi connectivity index (χ3n) is 5.57. The van der Waals surface area contributed by atoms with Crippen molar-refractivity contribution in [3.05, 3.63) is 42.1 Å². The van der Waals surface area contributed by atoms with Gasteiger partial charge in [-0.2, -0.15) is 4.31 Å². The van der Waals surface area contributed by atoms with Crippen molar-refractivity contribution < 1.29 is 22.8 Å². The van der Waals surface area contributed by atoms with E-state index in [4.69, 9.17) is 0 Å². The van der Waals surface area contributed by atoms with Crippen LogP contribution in [0.15, 0.2) is 36.4 Å². The van der Waals surface area contributed by atoms with Crippen LogP contribution in [-0.2, 0) is 19.6 Å². The van der Waals surface area contributed by atoms with Crippen LogP contribution >= 0.6 is 0 Å². The smallest absolute Gasteiger partial charge is 0.270 e. The summed E-state index contributed by atoms with van der Waals surface area (Å²) in [6.07, 6.45) is 2.23. The first-order chi connectivity index (χ1) is 15.5. The number of ketones is 1. The largest absolute Gasteiger partial charge is 0.344 e. The number of hydrogen-bond acceptors (Lipinski definition) is 6. The van der Waals surface area contributed by atoms with Gasteiger partial charge in [0.1, 0.15) is 11.7 Å². The molecule has 0 bridgehead atoms. The van der Waals surface area contributed by atoms with Crippen molar-refractivity contribution in [3.8, 4) is 0 Å². The molecule has 2 heterocycles. The van der Waals surface area contributed by atoms with Crippen LogP contribution in [0.5, 0.6) is 0 Å². The maximum Gasteiger partial charge on any atom is 0.270 e. The molecular formula is C23H30N4O5S. The number of rotatable bonds is 7. The van der Waals surface area contributed by atoms with Crippen LogP contribution < -0.4 is 10.6 Å². The number of pyridine rings is 1. The van der Waals surface area contributed by atoms with Gasteiger partial charge in [-0.05, 0) is 37.3 Å². The second kappa shape index (κ2) is 10.4. The monoisotopic (exact) mass is 474 g/mol. The van der Waals surface area contributed by atoms with Crippen LogP contribution in [0.4, 0.5) is 0 Å². The summed E-state index contributed by atoms with van der Waals surface area (Å²) in [5.74, 6) is -1.20. The molecule has 33 heavy (non-hydrogen) atoms. The summed E-state index contributed by atoms with van der Waals surface area (Å²) in [6.45, 7) is 3.83. The summed E-state index contributed by atoms with van der Waals surface area (Å²) in [7, 11) is -3.49. The summed E-state index contributed by atoms with van der Waals surface area (Å²) in [5.41, 5.74) is 0.874. The van der Waals surface area contributed by atoms with E-state index in [1.54, 1.807) is 12.1 Å². The molecule has 2 aromatic rings. The molecule has 1 aliphatic heterocycles. The number of carbonyl (C=O) groups excluding carboxylic acids is 3. The predicted octanol–water partition coefficient (Wildman–Crippen LogP) is 1.49. The van der Waals surface area contributed by atoms with E-state index in [9.17, 15) is 22.8 Å². The number of nitrogens with one attached hydrogen (secondary N) is 2. The number of nitrogens with zero attached hydrogens (tertiary/aromatic N) is 2. The van der Waals surface area contributed by atoms with Gasteiger partial charge in [0.2, 0.25) is 15.9 Å². The van der Waals surface area contributed by atoms with Crippen LogP contribution in [0.3, 0.4) is 0 Å². The van der Waals surface area contributed by atoms with E-state index in [1.165, 1.54) is 0 Å². The maximum absolute atomic E-state index is 13.0. The molecule has 2 N–H and O–H groups in total. The molecule has 1 fully saturated rings. The number of benzene rings is 1. The number of amides is 2. The number of aromatic nitrogens is 1. The second-order valence-electron chi connectivity index (χ2n) is 8.81. The molecule has 2 amide bonds. The average Bonchev–Trinajstić information content (AvgIpc) is 2.94. The second-order valence-corrected chi connectivity index (χ2v) is 10.8. The Balaban J connectivity index is 1.71. The van der Waals surface area contributed by atoms with Gasteiger partial charge >= 0.3 is 0 Å². The van der Waals surface area contributed by atoms with Crippen molar-refractivity contribution >= 4 is 38.5 Å². The fourth-order valence-electron chi connectivity index (χ4n) is 3.83. The lowest BCUT2D eigenvalue weighted by atomic mass is 10.0. The first-order valence-electron chi connectivity index (χ1n) is 11.0. The maximum atomic E-state index is 13.0. The molecule has 1 saturated heterocycles. The van der Waals surface area contributed by atoms with Gasteiger partial charge in [-0.15, -0.1) is 0 Å². The van der Waals surface area contributed by atoms with Gasteiger partial charge < -0.3 is 10.6 Å². The van der Waals surface area contributed by atoms with Gasteiger partial charge in [-0.1, -0.05) is 38.1 Å².